The molecule has 0 unspecified atom stereocenters. The summed E-state index contributed by atoms with van der Waals surface area (Å²) >= 11 is 0. The van der Waals surface area contributed by atoms with Crippen LogP contribution >= 0.6 is 0 Å². The van der Waals surface area contributed by atoms with Crippen LogP contribution in [-0.2, 0) is 4.79 Å². The van der Waals surface area contributed by atoms with Crippen molar-refractivity contribution in [2.45, 2.75) is 13.8 Å². The second-order valence-corrected chi connectivity index (χ2v) is 5.64. The molecular formula is C19H20N2O4. The van der Waals surface area contributed by atoms with Crippen LogP contribution in [0, 0.1) is 24.0 Å². The molecule has 6 nitrogen and oxygen atoms in total. The van der Waals surface area contributed by atoms with Crippen LogP contribution in [0.15, 0.2) is 48.5 Å². The maximum Gasteiger partial charge on any atom is 0.269 e. The Morgan fingerprint density at radius 2 is 1.80 bits per heavy atom. The van der Waals surface area contributed by atoms with Gasteiger partial charge in [0.05, 0.1) is 11.5 Å². The number of hydrogen-bond acceptors (Lipinski definition) is 4. The van der Waals surface area contributed by atoms with E-state index in [1.165, 1.54) is 18.2 Å². The Bertz CT molecular complexity index is 762. The van der Waals surface area contributed by atoms with Crippen LogP contribution in [0.3, 0.4) is 0 Å². The van der Waals surface area contributed by atoms with E-state index in [4.69, 9.17) is 4.74 Å². The first-order valence-electron chi connectivity index (χ1n) is 7.85. The highest BCUT2D eigenvalue weighted by atomic mass is 16.6. The van der Waals surface area contributed by atoms with Gasteiger partial charge in [-0.25, -0.2) is 0 Å². The molecule has 0 saturated heterocycles. The average molecular weight is 340 g/mol. The van der Waals surface area contributed by atoms with Gasteiger partial charge in [-0.1, -0.05) is 6.07 Å². The normalized spacial score (nSPS) is 10.6. The highest BCUT2D eigenvalue weighted by Crippen LogP contribution is 2.16. The summed E-state index contributed by atoms with van der Waals surface area (Å²) in [5.41, 5.74) is 2.99. The van der Waals surface area contributed by atoms with Gasteiger partial charge in [0.15, 0.2) is 0 Å². The molecule has 2 rings (SSSR count). The number of rotatable bonds is 7. The average Bonchev–Trinajstić information content (AvgIpc) is 2.56. The van der Waals surface area contributed by atoms with E-state index < -0.39 is 4.92 Å². The van der Waals surface area contributed by atoms with Crippen molar-refractivity contribution in [1.29, 1.82) is 0 Å². The minimum Gasteiger partial charge on any atom is -0.492 e. The lowest BCUT2D eigenvalue weighted by atomic mass is 10.1. The van der Waals surface area contributed by atoms with Gasteiger partial charge in [0.2, 0.25) is 5.91 Å². The second-order valence-electron chi connectivity index (χ2n) is 5.64. The van der Waals surface area contributed by atoms with E-state index in [2.05, 4.69) is 11.4 Å². The van der Waals surface area contributed by atoms with Gasteiger partial charge < -0.3 is 10.1 Å². The van der Waals surface area contributed by atoms with E-state index in [0.717, 1.165) is 16.9 Å². The first kappa shape index (κ1) is 18.2. The monoisotopic (exact) mass is 340 g/mol. The number of carbonyl (C=O) groups is 1. The van der Waals surface area contributed by atoms with Crippen LogP contribution in [0.1, 0.15) is 16.7 Å². The van der Waals surface area contributed by atoms with Gasteiger partial charge in [0.25, 0.3) is 5.69 Å². The van der Waals surface area contributed by atoms with Crippen LogP contribution < -0.4 is 10.1 Å². The summed E-state index contributed by atoms with van der Waals surface area (Å²) in [6.07, 6.45) is 2.99. The number of ether oxygens (including phenoxy) is 1. The van der Waals surface area contributed by atoms with Gasteiger partial charge in [0.1, 0.15) is 12.4 Å². The van der Waals surface area contributed by atoms with E-state index in [0.29, 0.717) is 18.7 Å². The van der Waals surface area contributed by atoms with Crippen molar-refractivity contribution in [3.05, 3.63) is 75.3 Å². The largest absolute Gasteiger partial charge is 0.492 e. The third kappa shape index (κ3) is 6.10. The molecule has 0 fully saturated rings. The van der Waals surface area contributed by atoms with Gasteiger partial charge in [-0.05, 0) is 60.9 Å². The van der Waals surface area contributed by atoms with Gasteiger partial charge >= 0.3 is 0 Å². The molecule has 1 amide bonds. The molecule has 0 heterocycles. The molecule has 0 spiro atoms. The lowest BCUT2D eigenvalue weighted by molar-refractivity contribution is -0.384. The van der Waals surface area contributed by atoms with E-state index in [1.54, 1.807) is 18.2 Å². The highest BCUT2D eigenvalue weighted by Gasteiger charge is 2.03. The number of hydrogen-bond donors (Lipinski definition) is 1. The minimum absolute atomic E-state index is 0.0186. The molecule has 0 aliphatic rings. The molecule has 2 aromatic carbocycles. The predicted octanol–water partition coefficient (Wildman–Crippen LogP) is 3.42. The fourth-order valence-corrected chi connectivity index (χ4v) is 2.30. The number of carbonyl (C=O) groups excluding carboxylic acids is 1. The zero-order valence-corrected chi connectivity index (χ0v) is 14.2. The van der Waals surface area contributed by atoms with Crippen molar-refractivity contribution in [3.8, 4) is 5.75 Å². The molecule has 0 bridgehead atoms. The highest BCUT2D eigenvalue weighted by molar-refractivity contribution is 5.91. The second kappa shape index (κ2) is 8.63. The van der Waals surface area contributed by atoms with E-state index >= 15 is 0 Å². The topological polar surface area (TPSA) is 81.5 Å². The maximum absolute atomic E-state index is 11.7. The van der Waals surface area contributed by atoms with Crippen LogP contribution in [0.25, 0.3) is 6.08 Å². The molecule has 0 atom stereocenters. The van der Waals surface area contributed by atoms with Crippen LogP contribution in [0.2, 0.25) is 0 Å². The van der Waals surface area contributed by atoms with Gasteiger partial charge in [-0.15, -0.1) is 0 Å². The number of amides is 1. The number of aryl methyl sites for hydroxylation is 2. The summed E-state index contributed by atoms with van der Waals surface area (Å²) in [4.78, 5) is 21.9. The van der Waals surface area contributed by atoms with Crippen molar-refractivity contribution in [2.24, 2.45) is 0 Å². The molecule has 0 radical (unpaired) electrons. The summed E-state index contributed by atoms with van der Waals surface area (Å²) in [7, 11) is 0. The molecule has 25 heavy (non-hydrogen) atoms. The van der Waals surface area contributed by atoms with E-state index in [-0.39, 0.29) is 11.6 Å². The zero-order valence-electron chi connectivity index (χ0n) is 14.2. The first-order valence-corrected chi connectivity index (χ1v) is 7.85. The molecule has 130 valence electrons. The Hall–Kier alpha value is -3.15. The number of benzene rings is 2. The Kier molecular flexibility index (Phi) is 6.28. The Labute approximate surface area is 146 Å². The van der Waals surface area contributed by atoms with Crippen molar-refractivity contribution < 1.29 is 14.5 Å². The number of nitro groups is 1. The standard InChI is InChI=1S/C19H20N2O4/c1-14-11-15(2)13-18(12-14)25-10-9-20-19(22)8-5-16-3-6-17(7-4-16)21(23)24/h3-8,11-13H,9-10H2,1-2H3,(H,20,22)/b8-5+. The Morgan fingerprint density at radius 1 is 1.16 bits per heavy atom. The SMILES string of the molecule is Cc1cc(C)cc(OCCNC(=O)/C=C/c2ccc([N+](=O)[O-])cc2)c1. The van der Waals surface area contributed by atoms with Gasteiger partial charge in [-0.3, -0.25) is 14.9 Å². The maximum atomic E-state index is 11.7. The third-order valence-corrected chi connectivity index (χ3v) is 3.40. The lowest BCUT2D eigenvalue weighted by Gasteiger charge is -2.08. The van der Waals surface area contributed by atoms with Crippen molar-refractivity contribution in [3.63, 3.8) is 0 Å². The van der Waals surface area contributed by atoms with Crippen LogP contribution in [0.5, 0.6) is 5.75 Å². The third-order valence-electron chi connectivity index (χ3n) is 3.40. The minimum atomic E-state index is -0.462. The number of non-ortho nitro benzene ring substituents is 1. The number of nitrogens with zero attached hydrogens (tertiary/aromatic N) is 1. The first-order chi connectivity index (χ1) is 11.9. The van der Waals surface area contributed by atoms with E-state index in [1.807, 2.05) is 26.0 Å². The number of nitrogens with one attached hydrogen (secondary N) is 1. The van der Waals surface area contributed by atoms with E-state index in [9.17, 15) is 14.9 Å². The summed E-state index contributed by atoms with van der Waals surface area (Å²) in [5, 5.41) is 13.3. The lowest BCUT2D eigenvalue weighted by Crippen LogP contribution is -2.26. The van der Waals surface area contributed by atoms with Crippen molar-refractivity contribution in [2.75, 3.05) is 13.2 Å². The smallest absolute Gasteiger partial charge is 0.269 e. The summed E-state index contributed by atoms with van der Waals surface area (Å²) in [5.74, 6) is 0.538. The fraction of sp³-hybridized carbons (Fsp3) is 0.211. The molecule has 6 heteroatoms. The fourth-order valence-electron chi connectivity index (χ4n) is 2.30. The van der Waals surface area contributed by atoms with Crippen LogP contribution in [0.4, 0.5) is 5.69 Å². The molecular weight excluding hydrogens is 320 g/mol. The zero-order chi connectivity index (χ0) is 18.2. The Morgan fingerprint density at radius 3 is 2.40 bits per heavy atom. The summed E-state index contributed by atoms with van der Waals surface area (Å²) < 4.78 is 5.61. The van der Waals surface area contributed by atoms with Gasteiger partial charge in [-0.2, -0.15) is 0 Å². The molecule has 0 saturated carbocycles. The Balaban J connectivity index is 1.75. The quantitative estimate of drug-likeness (QED) is 0.362. The van der Waals surface area contributed by atoms with Crippen molar-refractivity contribution in [1.82, 2.24) is 5.32 Å². The summed E-state index contributed by atoms with van der Waals surface area (Å²) in [6.45, 7) is 4.77. The van der Waals surface area contributed by atoms with Crippen molar-refractivity contribution >= 4 is 17.7 Å². The predicted molar refractivity (Wildman–Crippen MR) is 96.6 cm³/mol. The molecule has 0 aromatic heterocycles. The van der Waals surface area contributed by atoms with Gasteiger partial charge in [0, 0.05) is 18.2 Å². The molecule has 1 N–H and O–H groups in total. The molecule has 0 aliphatic carbocycles. The molecule has 2 aromatic rings. The summed E-state index contributed by atoms with van der Waals surface area (Å²) in [6, 6.07) is 11.9. The molecule has 0 aliphatic heterocycles. The van der Waals surface area contributed by atoms with Crippen LogP contribution in [-0.4, -0.2) is 24.0 Å². The number of nitro benzene ring substituents is 1.